The maximum Gasteiger partial charge on any atom is 0.285 e. The normalized spacial score (nSPS) is 19.2. The van der Waals surface area contributed by atoms with Gasteiger partial charge in [0.15, 0.2) is 11.5 Å². The molecule has 1 aromatic heterocycles. The number of ether oxygens (including phenoxy) is 3. The smallest absolute Gasteiger partial charge is 0.285 e. The molecule has 0 radical (unpaired) electrons. The summed E-state index contributed by atoms with van der Waals surface area (Å²) in [7, 11) is -0.409. The molecule has 4 amide bonds. The Morgan fingerprint density at radius 1 is 0.841 bits per heavy atom. The second-order valence-electron chi connectivity index (χ2n) is 18.6. The third kappa shape index (κ3) is 9.78. The van der Waals surface area contributed by atoms with Crippen molar-refractivity contribution in [3.05, 3.63) is 107 Å². The Bertz CT molecular complexity index is 2910. The molecule has 9 rings (SSSR count). The number of anilines is 1. The fraction of sp³-hybridized carbons (Fsp3) is 0.431. The molecule has 5 aromatic rings. The first-order valence-corrected chi connectivity index (χ1v) is 25.5. The average molecular weight is 967 g/mol. The molecular weight excluding hydrogens is 911 g/mol. The zero-order chi connectivity index (χ0) is 48.8. The monoisotopic (exact) mass is 966 g/mol. The third-order valence-electron chi connectivity index (χ3n) is 14.1. The summed E-state index contributed by atoms with van der Waals surface area (Å²) >= 11 is 0. The van der Waals surface area contributed by atoms with Gasteiger partial charge in [-0.25, -0.2) is 8.42 Å². The van der Waals surface area contributed by atoms with Gasteiger partial charge in [0.2, 0.25) is 11.8 Å². The number of likely N-dealkylation sites (tertiary alicyclic amines) is 1. The number of benzene rings is 4. The van der Waals surface area contributed by atoms with Crippen molar-refractivity contribution in [3.8, 4) is 23.0 Å². The largest absolute Gasteiger partial charge is 0.493 e. The van der Waals surface area contributed by atoms with Crippen LogP contribution in [0.4, 0.5) is 14.5 Å². The van der Waals surface area contributed by atoms with Crippen LogP contribution in [0.15, 0.2) is 78.9 Å². The number of methoxy groups -OCH3 is 1. The second-order valence-corrected chi connectivity index (χ2v) is 20.8. The van der Waals surface area contributed by atoms with E-state index in [-0.39, 0.29) is 34.9 Å². The molecule has 4 aliphatic rings. The molecule has 5 heterocycles. The number of aryl methyl sites for hydroxylation is 1. The summed E-state index contributed by atoms with van der Waals surface area (Å²) in [4.78, 5) is 57.7. The van der Waals surface area contributed by atoms with E-state index in [1.807, 2.05) is 17.0 Å². The second kappa shape index (κ2) is 19.2. The number of imide groups is 2. The van der Waals surface area contributed by atoms with E-state index < -0.39 is 51.8 Å². The molecule has 2 atom stereocenters. The lowest BCUT2D eigenvalue weighted by Gasteiger charge is -2.41. The minimum Gasteiger partial charge on any atom is -0.493 e. The van der Waals surface area contributed by atoms with Gasteiger partial charge in [-0.05, 0) is 130 Å². The number of aromatic nitrogens is 2. The summed E-state index contributed by atoms with van der Waals surface area (Å²) in [5, 5.41) is 7.72. The number of hydrogen-bond acceptors (Lipinski definition) is 12. The molecule has 1 N–H and O–H groups in total. The number of halogens is 2. The lowest BCUT2D eigenvalue weighted by atomic mass is 9.78. The fourth-order valence-electron chi connectivity index (χ4n) is 10.6. The molecule has 0 aliphatic carbocycles. The van der Waals surface area contributed by atoms with Crippen LogP contribution in [-0.2, 0) is 32.4 Å². The van der Waals surface area contributed by atoms with Crippen molar-refractivity contribution in [2.75, 3.05) is 63.3 Å². The van der Waals surface area contributed by atoms with Crippen LogP contribution in [0.1, 0.15) is 94.9 Å². The maximum atomic E-state index is 15.8. The van der Waals surface area contributed by atoms with Gasteiger partial charge in [-0.3, -0.25) is 39.0 Å². The first kappa shape index (κ1) is 47.7. The quantitative estimate of drug-likeness (QED) is 0.103. The number of carbonyl (C=O) groups excluding carboxylic acids is 4. The highest BCUT2D eigenvalue weighted by Gasteiger charge is 2.45. The summed E-state index contributed by atoms with van der Waals surface area (Å²) in [6.07, 6.45) is 4.98. The highest BCUT2D eigenvalue weighted by atomic mass is 32.2. The molecular formula is C51H56F2N6O9S. The van der Waals surface area contributed by atoms with Gasteiger partial charge in [0, 0.05) is 49.8 Å². The number of fused-ring (bicyclic) bond motifs is 2. The number of alkyl halides is 2. The molecule has 0 saturated carbocycles. The predicted molar refractivity (Wildman–Crippen MR) is 254 cm³/mol. The lowest BCUT2D eigenvalue weighted by molar-refractivity contribution is -0.134. The van der Waals surface area contributed by atoms with Gasteiger partial charge in [-0.2, -0.15) is 13.9 Å². The average Bonchev–Trinajstić information content (AvgIpc) is 3.78. The van der Waals surface area contributed by atoms with Gasteiger partial charge >= 0.3 is 0 Å². The summed E-state index contributed by atoms with van der Waals surface area (Å²) in [5.74, 6) is -3.43. The van der Waals surface area contributed by atoms with Crippen LogP contribution in [-0.4, -0.2) is 110 Å². The van der Waals surface area contributed by atoms with Gasteiger partial charge in [-0.15, -0.1) is 0 Å². The summed E-state index contributed by atoms with van der Waals surface area (Å²) < 4.78 is 76.0. The van der Waals surface area contributed by atoms with Gasteiger partial charge in [0.1, 0.15) is 21.3 Å². The van der Waals surface area contributed by atoms with Crippen LogP contribution in [0.2, 0.25) is 0 Å². The molecule has 364 valence electrons. The topological polar surface area (TPSA) is 170 Å². The number of amides is 4. The number of piperidine rings is 3. The minimum absolute atomic E-state index is 0.0987. The molecule has 15 nitrogen and oxygen atoms in total. The van der Waals surface area contributed by atoms with E-state index in [1.54, 1.807) is 61.1 Å². The van der Waals surface area contributed by atoms with Gasteiger partial charge in [-0.1, -0.05) is 12.1 Å². The summed E-state index contributed by atoms with van der Waals surface area (Å²) in [5.41, 5.74) is 2.78. The van der Waals surface area contributed by atoms with Crippen LogP contribution in [0.5, 0.6) is 23.0 Å². The van der Waals surface area contributed by atoms with E-state index in [0.717, 1.165) is 47.7 Å². The zero-order valence-corrected chi connectivity index (χ0v) is 39.9. The first-order chi connectivity index (χ1) is 33.0. The Kier molecular flexibility index (Phi) is 13.2. The van der Waals surface area contributed by atoms with Crippen LogP contribution < -0.4 is 24.4 Å². The van der Waals surface area contributed by atoms with Crippen LogP contribution in [0, 0.1) is 11.8 Å². The lowest BCUT2D eigenvalue weighted by Crippen LogP contribution is -2.44. The Balaban J connectivity index is 0.790. The van der Waals surface area contributed by atoms with Crippen molar-refractivity contribution in [3.63, 3.8) is 0 Å². The highest BCUT2D eigenvalue weighted by molar-refractivity contribution is 7.90. The van der Waals surface area contributed by atoms with Gasteiger partial charge in [0.25, 0.3) is 17.7 Å². The molecule has 3 saturated heterocycles. The molecule has 3 fully saturated rings. The highest BCUT2D eigenvalue weighted by Crippen LogP contribution is 2.42. The third-order valence-corrected chi connectivity index (χ3v) is 15.0. The van der Waals surface area contributed by atoms with E-state index >= 15 is 8.78 Å². The number of nitrogens with one attached hydrogen (secondary N) is 1. The van der Waals surface area contributed by atoms with E-state index in [2.05, 4.69) is 15.3 Å². The molecule has 0 bridgehead atoms. The van der Waals surface area contributed by atoms with Gasteiger partial charge < -0.3 is 19.1 Å². The molecule has 18 heteroatoms. The van der Waals surface area contributed by atoms with E-state index in [0.29, 0.717) is 91.0 Å². The summed E-state index contributed by atoms with van der Waals surface area (Å²) in [6.45, 7) is 4.13. The number of hydrogen-bond donors (Lipinski definition) is 1. The zero-order valence-electron chi connectivity index (χ0n) is 39.1. The van der Waals surface area contributed by atoms with Crippen LogP contribution in [0.3, 0.4) is 0 Å². The first-order valence-electron chi connectivity index (χ1n) is 23.4. The van der Waals surface area contributed by atoms with E-state index in [9.17, 15) is 27.6 Å². The molecule has 4 aliphatic heterocycles. The Morgan fingerprint density at radius 3 is 2.20 bits per heavy atom. The van der Waals surface area contributed by atoms with Crippen molar-refractivity contribution < 1.29 is 50.6 Å². The van der Waals surface area contributed by atoms with E-state index in [4.69, 9.17) is 14.2 Å². The van der Waals surface area contributed by atoms with Crippen molar-refractivity contribution in [2.45, 2.75) is 63.3 Å². The fourth-order valence-corrected chi connectivity index (χ4v) is 11.5. The van der Waals surface area contributed by atoms with Crippen molar-refractivity contribution in [2.24, 2.45) is 18.9 Å². The Labute approximate surface area is 399 Å². The number of rotatable bonds is 15. The molecule has 1 unspecified atom stereocenters. The number of sulfone groups is 1. The van der Waals surface area contributed by atoms with Crippen molar-refractivity contribution in [1.29, 1.82) is 0 Å². The van der Waals surface area contributed by atoms with Crippen molar-refractivity contribution >= 4 is 50.1 Å². The number of carbonyl (C=O) groups is 4. The standard InChI is InChI=1S/C51H56F2N6O9S/c1-5-67-44-27-33(9-17-43(44)66-3)42(29-69(4,64)65)59-49(62)38-7-6-8-40(46(38)50(59)63)58-25-21-32(22-26-58)31-19-23-57(24-20-31)30-51(52,53)34-10-12-35(13-11-34)68-36-14-15-37-41(28-36)56(2)55-47(37)39-16-18-45(60)54-48(39)61/h6-15,17,27-28,31-32,39,42H,5,16,18-26,29-30H2,1-4H3,(H,54,60,61)/t39?,42-/m1/s1. The van der Waals surface area contributed by atoms with Gasteiger partial charge in [0.05, 0.1) is 66.0 Å². The van der Waals surface area contributed by atoms with E-state index in [1.165, 1.54) is 31.4 Å². The van der Waals surface area contributed by atoms with Crippen molar-refractivity contribution in [1.82, 2.24) is 24.9 Å². The Morgan fingerprint density at radius 2 is 1.54 bits per heavy atom. The molecule has 69 heavy (non-hydrogen) atoms. The number of nitrogens with zero attached hydrogens (tertiary/aromatic N) is 5. The summed E-state index contributed by atoms with van der Waals surface area (Å²) in [6, 6.07) is 20.2. The SMILES string of the molecule is CCOc1cc([C@@H](CS(C)(=O)=O)N2C(=O)c3cccc(N4CCC(C5CCN(CC(F)(F)c6ccc(Oc7ccc8c(C9CCC(=O)NC9=O)nn(C)c8c7)cc6)CC5)CC4)c3C2=O)ccc1OC. The minimum atomic E-state index is -3.66. The molecule has 0 spiro atoms. The predicted octanol–water partition coefficient (Wildman–Crippen LogP) is 7.40. The molecule has 4 aromatic carbocycles. The maximum absolute atomic E-state index is 15.8. The van der Waals surface area contributed by atoms with Crippen LogP contribution >= 0.6 is 0 Å². The Hall–Kier alpha value is -6.40. The van der Waals surface area contributed by atoms with Crippen LogP contribution in [0.25, 0.3) is 10.9 Å².